The van der Waals surface area contributed by atoms with Gasteiger partial charge in [-0.1, -0.05) is 30.3 Å². The summed E-state index contributed by atoms with van der Waals surface area (Å²) in [6.45, 7) is 0.379. The lowest BCUT2D eigenvalue weighted by Crippen LogP contribution is -2.53. The first-order chi connectivity index (χ1) is 11.5. The number of hydrogen-bond donors (Lipinski definition) is 5. The van der Waals surface area contributed by atoms with Gasteiger partial charge in [-0.15, -0.1) is 0 Å². The average molecular weight is 353 g/mol. The van der Waals surface area contributed by atoms with Crippen LogP contribution in [0.2, 0.25) is 0 Å². The van der Waals surface area contributed by atoms with Crippen LogP contribution in [0, 0.1) is 0 Å². The van der Waals surface area contributed by atoms with Gasteiger partial charge in [0.15, 0.2) is 0 Å². The number of carbonyl (C=O) groups excluding carboxylic acids is 2. The Morgan fingerprint density at radius 1 is 1.12 bits per heavy atom. The fourth-order valence-electron chi connectivity index (χ4n) is 2.05. The van der Waals surface area contributed by atoms with Crippen molar-refractivity contribution in [2.24, 2.45) is 5.73 Å². The van der Waals surface area contributed by atoms with Gasteiger partial charge in [0.25, 0.3) is 0 Å². The van der Waals surface area contributed by atoms with Gasteiger partial charge in [0, 0.05) is 18.6 Å². The molecule has 1 aromatic carbocycles. The largest absolute Gasteiger partial charge is 0.480 e. The zero-order chi connectivity index (χ0) is 17.9. The van der Waals surface area contributed by atoms with Crippen LogP contribution in [0.5, 0.6) is 0 Å². The van der Waals surface area contributed by atoms with E-state index in [1.54, 1.807) is 0 Å². The van der Waals surface area contributed by atoms with Crippen LogP contribution in [0.25, 0.3) is 0 Å². The number of hydrogen-bond acceptors (Lipinski definition) is 5. The maximum absolute atomic E-state index is 12.4. The smallest absolute Gasteiger partial charge is 0.327 e. The molecule has 0 spiro atoms. The normalized spacial score (nSPS) is 12.9. The minimum atomic E-state index is -1.17. The van der Waals surface area contributed by atoms with E-state index in [1.165, 1.54) is 0 Å². The van der Waals surface area contributed by atoms with E-state index in [0.29, 0.717) is 13.0 Å². The molecule has 0 aliphatic rings. The summed E-state index contributed by atoms with van der Waals surface area (Å²) in [4.78, 5) is 35.3. The van der Waals surface area contributed by atoms with Crippen molar-refractivity contribution in [2.45, 2.75) is 31.3 Å². The molecule has 8 heteroatoms. The minimum absolute atomic E-state index is 0.0414. The van der Waals surface area contributed by atoms with Crippen molar-refractivity contribution in [2.75, 3.05) is 12.3 Å². The molecule has 0 fully saturated rings. The highest BCUT2D eigenvalue weighted by Crippen LogP contribution is 2.05. The molecule has 2 amide bonds. The summed E-state index contributed by atoms with van der Waals surface area (Å²) in [5.41, 5.74) is 6.23. The van der Waals surface area contributed by atoms with Crippen molar-refractivity contribution in [1.29, 1.82) is 0 Å². The predicted octanol–water partition coefficient (Wildman–Crippen LogP) is -0.0480. The maximum atomic E-state index is 12.4. The SMILES string of the molecule is NCCCC(=O)N[C@H](Cc1ccccc1)C(=O)N[C@@H](CS)C(=O)O. The molecule has 1 aromatic rings. The molecule has 5 N–H and O–H groups in total. The summed E-state index contributed by atoms with van der Waals surface area (Å²) in [6, 6.07) is 7.20. The van der Waals surface area contributed by atoms with Crippen molar-refractivity contribution in [3.63, 3.8) is 0 Å². The van der Waals surface area contributed by atoms with Crippen LogP contribution >= 0.6 is 12.6 Å². The van der Waals surface area contributed by atoms with Gasteiger partial charge in [-0.2, -0.15) is 12.6 Å². The van der Waals surface area contributed by atoms with Gasteiger partial charge in [0.05, 0.1) is 0 Å². The zero-order valence-corrected chi connectivity index (χ0v) is 14.2. The van der Waals surface area contributed by atoms with Crippen LogP contribution in [0.1, 0.15) is 18.4 Å². The molecule has 0 unspecified atom stereocenters. The third-order valence-electron chi connectivity index (χ3n) is 3.34. The van der Waals surface area contributed by atoms with Crippen molar-refractivity contribution < 1.29 is 19.5 Å². The van der Waals surface area contributed by atoms with E-state index < -0.39 is 24.0 Å². The topological polar surface area (TPSA) is 122 Å². The first-order valence-electron chi connectivity index (χ1n) is 7.65. The number of nitrogens with two attached hydrogens (primary N) is 1. The van der Waals surface area contributed by atoms with E-state index in [4.69, 9.17) is 10.8 Å². The number of carboxylic acids is 1. The van der Waals surface area contributed by atoms with Gasteiger partial charge >= 0.3 is 5.97 Å². The molecular weight excluding hydrogens is 330 g/mol. The molecule has 24 heavy (non-hydrogen) atoms. The number of carboxylic acid groups (broad SMARTS) is 1. The molecule has 132 valence electrons. The van der Waals surface area contributed by atoms with Crippen LogP contribution in [0.3, 0.4) is 0 Å². The molecule has 0 saturated heterocycles. The second-order valence-corrected chi connectivity index (χ2v) is 5.65. The van der Waals surface area contributed by atoms with Crippen molar-refractivity contribution in [1.82, 2.24) is 10.6 Å². The van der Waals surface area contributed by atoms with E-state index in [0.717, 1.165) is 5.56 Å². The van der Waals surface area contributed by atoms with Gasteiger partial charge in [-0.05, 0) is 18.5 Å². The lowest BCUT2D eigenvalue weighted by Gasteiger charge is -2.21. The fourth-order valence-corrected chi connectivity index (χ4v) is 2.29. The Morgan fingerprint density at radius 3 is 2.33 bits per heavy atom. The summed E-state index contributed by atoms with van der Waals surface area (Å²) >= 11 is 3.92. The average Bonchev–Trinajstić information content (AvgIpc) is 2.57. The Labute approximate surface area is 146 Å². The summed E-state index contributed by atoms with van der Waals surface area (Å²) in [7, 11) is 0. The lowest BCUT2D eigenvalue weighted by molar-refractivity contribution is -0.141. The second-order valence-electron chi connectivity index (χ2n) is 5.28. The number of rotatable bonds is 10. The van der Waals surface area contributed by atoms with Crippen LogP contribution in [-0.2, 0) is 20.8 Å². The van der Waals surface area contributed by atoms with Gasteiger partial charge in [0.1, 0.15) is 12.1 Å². The maximum Gasteiger partial charge on any atom is 0.327 e. The number of thiol groups is 1. The van der Waals surface area contributed by atoms with Gasteiger partial charge in [0.2, 0.25) is 11.8 Å². The molecule has 0 saturated carbocycles. The number of benzene rings is 1. The van der Waals surface area contributed by atoms with Crippen LogP contribution in [0.4, 0.5) is 0 Å². The van der Waals surface area contributed by atoms with Crippen LogP contribution in [0.15, 0.2) is 30.3 Å². The monoisotopic (exact) mass is 353 g/mol. The standard InChI is InChI=1S/C16H23N3O4S/c17-8-4-7-14(20)18-12(9-11-5-2-1-3-6-11)15(21)19-13(10-24)16(22)23/h1-3,5-6,12-13,24H,4,7-10,17H2,(H,18,20)(H,19,21)(H,22,23)/t12-,13+/m1/s1. The summed E-state index contributed by atoms with van der Waals surface area (Å²) < 4.78 is 0. The first-order valence-corrected chi connectivity index (χ1v) is 8.28. The highest BCUT2D eigenvalue weighted by atomic mass is 32.1. The van der Waals surface area contributed by atoms with Gasteiger partial charge in [-0.25, -0.2) is 4.79 Å². The molecule has 0 aliphatic heterocycles. The van der Waals surface area contributed by atoms with Crippen molar-refractivity contribution in [3.05, 3.63) is 35.9 Å². The van der Waals surface area contributed by atoms with Crippen LogP contribution in [-0.4, -0.2) is 47.3 Å². The molecule has 0 aliphatic carbocycles. The first kappa shape index (κ1) is 20.0. The summed E-state index contributed by atoms with van der Waals surface area (Å²) in [6.07, 6.45) is 0.990. The Bertz CT molecular complexity index is 554. The lowest BCUT2D eigenvalue weighted by atomic mass is 10.0. The molecule has 0 radical (unpaired) electrons. The molecule has 7 nitrogen and oxygen atoms in total. The predicted molar refractivity (Wildman–Crippen MR) is 93.8 cm³/mol. The molecule has 1 rings (SSSR count). The number of aliphatic carboxylic acids is 1. The quantitative estimate of drug-likeness (QED) is 0.378. The number of carbonyl (C=O) groups is 3. The van der Waals surface area contributed by atoms with Crippen molar-refractivity contribution >= 4 is 30.4 Å². The Hall–Kier alpha value is -2.06. The van der Waals surface area contributed by atoms with Gasteiger partial charge in [-0.3, -0.25) is 9.59 Å². The molecule has 0 bridgehead atoms. The number of nitrogens with one attached hydrogen (secondary N) is 2. The molecular formula is C16H23N3O4S. The molecule has 0 aromatic heterocycles. The third kappa shape index (κ3) is 7.01. The zero-order valence-electron chi connectivity index (χ0n) is 13.3. The van der Waals surface area contributed by atoms with E-state index in [2.05, 4.69) is 23.3 Å². The third-order valence-corrected chi connectivity index (χ3v) is 3.70. The fraction of sp³-hybridized carbons (Fsp3) is 0.438. The van der Waals surface area contributed by atoms with Gasteiger partial charge < -0.3 is 21.5 Å². The van der Waals surface area contributed by atoms with Crippen LogP contribution < -0.4 is 16.4 Å². The van der Waals surface area contributed by atoms with Crippen molar-refractivity contribution in [3.8, 4) is 0 Å². The number of amides is 2. The summed E-state index contributed by atoms with van der Waals surface area (Å²) in [5, 5.41) is 14.1. The van der Waals surface area contributed by atoms with E-state index in [1.807, 2.05) is 30.3 Å². The van der Waals surface area contributed by atoms with E-state index >= 15 is 0 Å². The van der Waals surface area contributed by atoms with E-state index in [9.17, 15) is 14.4 Å². The molecule has 0 heterocycles. The Balaban J connectivity index is 2.80. The highest BCUT2D eigenvalue weighted by molar-refractivity contribution is 7.80. The summed E-state index contributed by atoms with van der Waals surface area (Å²) in [5.74, 6) is -2.07. The Morgan fingerprint density at radius 2 is 1.79 bits per heavy atom. The second kappa shape index (κ2) is 10.7. The molecule has 2 atom stereocenters. The minimum Gasteiger partial charge on any atom is -0.480 e. The van der Waals surface area contributed by atoms with E-state index in [-0.39, 0.29) is 24.5 Å². The highest BCUT2D eigenvalue weighted by Gasteiger charge is 2.25. The Kier molecular flexibility index (Phi) is 8.88.